The van der Waals surface area contributed by atoms with E-state index in [-0.39, 0.29) is 6.42 Å². The molecule has 2 heterocycles. The number of amides is 2. The third kappa shape index (κ3) is 6.24. The Balaban J connectivity index is 1.49. The molecule has 1 saturated heterocycles. The molecule has 10 nitrogen and oxygen atoms in total. The van der Waals surface area contributed by atoms with Crippen LogP contribution in [0.15, 0.2) is 102 Å². The highest BCUT2D eigenvalue weighted by atomic mass is 32.2. The highest BCUT2D eigenvalue weighted by molar-refractivity contribution is 7.88. The highest BCUT2D eigenvalue weighted by Gasteiger charge is 2.59. The number of carbonyl (C=O) groups excluding carboxylic acids is 3. The minimum atomic E-state index is -6.33. The molecule has 0 spiro atoms. The molecule has 2 aliphatic rings. The van der Waals surface area contributed by atoms with E-state index in [0.717, 1.165) is 0 Å². The molecule has 2 unspecified atom stereocenters. The van der Waals surface area contributed by atoms with Crippen LogP contribution < -0.4 is 5.32 Å². The van der Waals surface area contributed by atoms with Crippen molar-refractivity contribution in [3.63, 3.8) is 0 Å². The molecule has 44 heavy (non-hydrogen) atoms. The molecule has 3 aromatic rings. The topological polar surface area (TPSA) is 136 Å². The van der Waals surface area contributed by atoms with Gasteiger partial charge in [-0.2, -0.15) is 21.6 Å². The van der Waals surface area contributed by atoms with E-state index in [0.29, 0.717) is 21.6 Å². The SMILES string of the molecule is O=C(Cc1ccccc1)NC1C(=O)N2C(C(=O)OC(c3ccccc3)c3ccccc3)=C(OS(=O)(=O)C(F)(F)F)CS(=O)[C@@H]12. The van der Waals surface area contributed by atoms with Crippen LogP contribution >= 0.6 is 0 Å². The summed E-state index contributed by atoms with van der Waals surface area (Å²) >= 11 is 0. The number of hydrogen-bond donors (Lipinski definition) is 1. The van der Waals surface area contributed by atoms with Gasteiger partial charge >= 0.3 is 21.6 Å². The lowest BCUT2D eigenvalue weighted by Crippen LogP contribution is -2.73. The van der Waals surface area contributed by atoms with Crippen LogP contribution in [-0.4, -0.2) is 58.0 Å². The van der Waals surface area contributed by atoms with Crippen LogP contribution in [0.2, 0.25) is 0 Å². The summed E-state index contributed by atoms with van der Waals surface area (Å²) < 4.78 is 86.8. The van der Waals surface area contributed by atoms with E-state index < -0.39 is 78.9 Å². The van der Waals surface area contributed by atoms with Gasteiger partial charge in [0.1, 0.15) is 11.4 Å². The summed E-state index contributed by atoms with van der Waals surface area (Å²) in [5.41, 5.74) is -5.33. The normalized spacial score (nSPS) is 20.0. The van der Waals surface area contributed by atoms with Crippen molar-refractivity contribution in [2.45, 2.75) is 29.4 Å². The summed E-state index contributed by atoms with van der Waals surface area (Å²) in [6.45, 7) is 0. The number of carbonyl (C=O) groups is 3. The molecule has 0 aromatic heterocycles. The van der Waals surface area contributed by atoms with Crippen molar-refractivity contribution < 1.29 is 49.1 Å². The molecule has 3 atom stereocenters. The number of nitrogens with zero attached hydrogens (tertiary/aromatic N) is 1. The highest BCUT2D eigenvalue weighted by Crippen LogP contribution is 2.39. The molecule has 230 valence electrons. The fraction of sp³-hybridized carbons (Fsp3) is 0.207. The minimum absolute atomic E-state index is 0.136. The van der Waals surface area contributed by atoms with Crippen molar-refractivity contribution in [3.05, 3.63) is 119 Å². The van der Waals surface area contributed by atoms with Crippen LogP contribution in [0.1, 0.15) is 22.8 Å². The van der Waals surface area contributed by atoms with Crippen LogP contribution in [0.3, 0.4) is 0 Å². The standard InChI is InChI=1S/C29H23F3N2O8S2/c30-29(31,32)44(39,40)42-21-17-43(38)27-23(33-22(35)16-18-10-4-1-5-11-18)26(36)34(27)24(21)28(37)41-25(19-12-6-2-7-13-19)20-14-8-3-9-15-20/h1-15,23,25,27H,16-17H2,(H,33,35)/t23?,27-,43?/m0/s1. The fourth-order valence-corrected chi connectivity index (χ4v) is 6.86. The summed E-state index contributed by atoms with van der Waals surface area (Å²) in [6, 6.07) is 23.6. The second kappa shape index (κ2) is 12.2. The van der Waals surface area contributed by atoms with E-state index in [1.807, 2.05) is 0 Å². The lowest BCUT2D eigenvalue weighted by atomic mass is 10.0. The number of ether oxygens (including phenoxy) is 1. The zero-order valence-corrected chi connectivity index (χ0v) is 24.1. The van der Waals surface area contributed by atoms with E-state index in [1.165, 1.54) is 0 Å². The van der Waals surface area contributed by atoms with Crippen molar-refractivity contribution in [1.29, 1.82) is 0 Å². The zero-order chi connectivity index (χ0) is 31.6. The smallest absolute Gasteiger partial charge is 0.448 e. The van der Waals surface area contributed by atoms with Gasteiger partial charge in [0, 0.05) is 0 Å². The third-order valence-electron chi connectivity index (χ3n) is 6.73. The molecule has 0 aliphatic carbocycles. The fourth-order valence-electron chi connectivity index (χ4n) is 4.73. The predicted octanol–water partition coefficient (Wildman–Crippen LogP) is 3.06. The van der Waals surface area contributed by atoms with Crippen LogP contribution in [0.4, 0.5) is 13.2 Å². The molecule has 5 rings (SSSR count). The van der Waals surface area contributed by atoms with Gasteiger partial charge in [-0.25, -0.2) is 4.79 Å². The van der Waals surface area contributed by atoms with E-state index >= 15 is 0 Å². The summed E-state index contributed by atoms with van der Waals surface area (Å²) in [5.74, 6) is -5.20. The number of alkyl halides is 3. The molecule has 1 N–H and O–H groups in total. The Kier molecular flexibility index (Phi) is 8.61. The Morgan fingerprint density at radius 2 is 1.45 bits per heavy atom. The van der Waals surface area contributed by atoms with Crippen LogP contribution in [0.5, 0.6) is 0 Å². The van der Waals surface area contributed by atoms with Gasteiger partial charge in [0.25, 0.3) is 5.91 Å². The first-order chi connectivity index (χ1) is 20.9. The number of halogens is 3. The third-order valence-corrected chi connectivity index (χ3v) is 9.29. The Morgan fingerprint density at radius 1 is 0.932 bits per heavy atom. The van der Waals surface area contributed by atoms with Gasteiger partial charge in [-0.05, 0) is 16.7 Å². The molecule has 2 amide bonds. The van der Waals surface area contributed by atoms with E-state index in [2.05, 4.69) is 9.50 Å². The predicted molar refractivity (Wildman–Crippen MR) is 150 cm³/mol. The quantitative estimate of drug-likeness (QED) is 0.162. The molecule has 0 saturated carbocycles. The number of fused-ring (bicyclic) bond motifs is 1. The number of rotatable bonds is 9. The zero-order valence-electron chi connectivity index (χ0n) is 22.5. The first-order valence-electron chi connectivity index (χ1n) is 13.0. The number of β-lactam (4-membered cyclic amide) rings is 1. The van der Waals surface area contributed by atoms with Crippen molar-refractivity contribution in [2.75, 3.05) is 5.75 Å². The molecule has 3 aromatic carbocycles. The Morgan fingerprint density at radius 3 is 1.98 bits per heavy atom. The summed E-state index contributed by atoms with van der Waals surface area (Å²) in [7, 11) is -8.62. The van der Waals surface area contributed by atoms with Gasteiger partial charge < -0.3 is 14.2 Å². The summed E-state index contributed by atoms with van der Waals surface area (Å²) in [6.07, 6.45) is -1.27. The van der Waals surface area contributed by atoms with Gasteiger partial charge in [-0.1, -0.05) is 91.0 Å². The number of hydrogen-bond acceptors (Lipinski definition) is 8. The Labute approximate surface area is 252 Å². The van der Waals surface area contributed by atoms with Crippen molar-refractivity contribution >= 4 is 38.7 Å². The second-order valence-corrected chi connectivity index (χ2v) is 12.8. The van der Waals surface area contributed by atoms with Crippen molar-refractivity contribution in [3.8, 4) is 0 Å². The first kappa shape index (κ1) is 30.9. The van der Waals surface area contributed by atoms with Gasteiger partial charge in [-0.15, -0.1) is 0 Å². The lowest BCUT2D eigenvalue weighted by molar-refractivity contribution is -0.155. The van der Waals surface area contributed by atoms with Gasteiger partial charge in [-0.3, -0.25) is 18.7 Å². The Bertz CT molecular complexity index is 1690. The maximum absolute atomic E-state index is 13.7. The second-order valence-electron chi connectivity index (χ2n) is 9.69. The molecule has 2 aliphatic heterocycles. The average Bonchev–Trinajstić information content (AvgIpc) is 2.99. The van der Waals surface area contributed by atoms with Crippen LogP contribution in [0.25, 0.3) is 0 Å². The number of nitrogens with one attached hydrogen (secondary N) is 1. The van der Waals surface area contributed by atoms with Crippen molar-refractivity contribution in [2.24, 2.45) is 0 Å². The van der Waals surface area contributed by atoms with Crippen LogP contribution in [-0.2, 0) is 50.6 Å². The molecular weight excluding hydrogens is 625 g/mol. The maximum atomic E-state index is 13.7. The van der Waals surface area contributed by atoms with Crippen molar-refractivity contribution in [1.82, 2.24) is 10.2 Å². The minimum Gasteiger partial charge on any atom is -0.448 e. The summed E-state index contributed by atoms with van der Waals surface area (Å²) in [5, 5.41) is 1.04. The average molecular weight is 649 g/mol. The van der Waals surface area contributed by atoms with E-state index in [9.17, 15) is 40.2 Å². The van der Waals surface area contributed by atoms with Gasteiger partial charge in [0.2, 0.25) is 5.91 Å². The maximum Gasteiger partial charge on any atom is 0.534 e. The Hall–Kier alpha value is -4.50. The largest absolute Gasteiger partial charge is 0.534 e. The van der Waals surface area contributed by atoms with E-state index in [4.69, 9.17) is 4.74 Å². The number of esters is 1. The monoisotopic (exact) mass is 648 g/mol. The molecule has 0 radical (unpaired) electrons. The van der Waals surface area contributed by atoms with Crippen LogP contribution in [0, 0.1) is 0 Å². The lowest BCUT2D eigenvalue weighted by Gasteiger charge is -2.48. The first-order valence-corrected chi connectivity index (χ1v) is 15.7. The molecule has 1 fully saturated rings. The molecular formula is C29H23F3N2O8S2. The van der Waals surface area contributed by atoms with Gasteiger partial charge in [0.15, 0.2) is 17.6 Å². The number of benzene rings is 3. The van der Waals surface area contributed by atoms with E-state index in [1.54, 1.807) is 91.0 Å². The van der Waals surface area contributed by atoms with Gasteiger partial charge in [0.05, 0.1) is 23.0 Å². The molecule has 0 bridgehead atoms. The summed E-state index contributed by atoms with van der Waals surface area (Å²) in [4.78, 5) is 40.2. The molecule has 15 heteroatoms.